The molecular formula is C15H14FNO3. The van der Waals surface area contributed by atoms with Crippen LogP contribution in [0.3, 0.4) is 0 Å². The Bertz CT molecular complexity index is 619. The molecule has 1 aliphatic carbocycles. The van der Waals surface area contributed by atoms with Crippen LogP contribution in [0.15, 0.2) is 34.9 Å². The van der Waals surface area contributed by atoms with Gasteiger partial charge in [0.1, 0.15) is 18.1 Å². The third-order valence-corrected chi connectivity index (χ3v) is 3.50. The van der Waals surface area contributed by atoms with Crippen LogP contribution in [-0.4, -0.2) is 11.1 Å². The SMILES string of the molecule is O=C(OCc1cc(-c2ccccc2F)on1)C1CCC1. The minimum atomic E-state index is -0.373. The highest BCUT2D eigenvalue weighted by atomic mass is 19.1. The molecule has 0 spiro atoms. The van der Waals surface area contributed by atoms with Gasteiger partial charge in [0.25, 0.3) is 0 Å². The molecule has 3 rings (SSSR count). The molecule has 1 fully saturated rings. The predicted molar refractivity (Wildman–Crippen MR) is 69.0 cm³/mol. The fraction of sp³-hybridized carbons (Fsp3) is 0.333. The largest absolute Gasteiger partial charge is 0.459 e. The minimum absolute atomic E-state index is 0.0351. The van der Waals surface area contributed by atoms with Crippen molar-refractivity contribution in [3.8, 4) is 11.3 Å². The van der Waals surface area contributed by atoms with Gasteiger partial charge in [-0.1, -0.05) is 23.7 Å². The summed E-state index contributed by atoms with van der Waals surface area (Å²) in [6.45, 7) is 0.0628. The third-order valence-electron chi connectivity index (χ3n) is 3.50. The molecule has 1 aromatic carbocycles. The average molecular weight is 275 g/mol. The second kappa shape index (κ2) is 5.45. The zero-order chi connectivity index (χ0) is 13.9. The highest BCUT2D eigenvalue weighted by molar-refractivity contribution is 5.73. The highest BCUT2D eigenvalue weighted by Gasteiger charge is 2.26. The summed E-state index contributed by atoms with van der Waals surface area (Å²) in [5.74, 6) is -0.195. The maximum Gasteiger partial charge on any atom is 0.309 e. The molecule has 2 aromatic rings. The van der Waals surface area contributed by atoms with E-state index in [-0.39, 0.29) is 24.3 Å². The Kier molecular flexibility index (Phi) is 3.50. The van der Waals surface area contributed by atoms with Crippen molar-refractivity contribution >= 4 is 5.97 Å². The summed E-state index contributed by atoms with van der Waals surface area (Å²) >= 11 is 0. The lowest BCUT2D eigenvalue weighted by molar-refractivity contribution is -0.152. The highest BCUT2D eigenvalue weighted by Crippen LogP contribution is 2.28. The summed E-state index contributed by atoms with van der Waals surface area (Å²) in [4.78, 5) is 11.6. The van der Waals surface area contributed by atoms with E-state index in [9.17, 15) is 9.18 Å². The van der Waals surface area contributed by atoms with E-state index in [1.54, 1.807) is 24.3 Å². The summed E-state index contributed by atoms with van der Waals surface area (Å²) < 4.78 is 23.8. The molecular weight excluding hydrogens is 261 g/mol. The molecule has 1 heterocycles. The summed E-state index contributed by atoms with van der Waals surface area (Å²) in [5.41, 5.74) is 0.826. The van der Waals surface area contributed by atoms with Gasteiger partial charge in [-0.3, -0.25) is 4.79 Å². The van der Waals surface area contributed by atoms with E-state index in [1.807, 2.05) is 0 Å². The Labute approximate surface area is 115 Å². The van der Waals surface area contributed by atoms with Gasteiger partial charge in [0.2, 0.25) is 0 Å². The summed E-state index contributed by atoms with van der Waals surface area (Å²) in [6.07, 6.45) is 2.89. The van der Waals surface area contributed by atoms with Crippen molar-refractivity contribution in [3.63, 3.8) is 0 Å². The zero-order valence-electron chi connectivity index (χ0n) is 10.8. The summed E-state index contributed by atoms with van der Waals surface area (Å²) in [5, 5.41) is 3.79. The fourth-order valence-electron chi connectivity index (χ4n) is 2.07. The first-order chi connectivity index (χ1) is 9.74. The molecule has 4 nitrogen and oxygen atoms in total. The number of carbonyl (C=O) groups excluding carboxylic acids is 1. The zero-order valence-corrected chi connectivity index (χ0v) is 10.8. The van der Waals surface area contributed by atoms with E-state index in [1.165, 1.54) is 6.07 Å². The van der Waals surface area contributed by atoms with Gasteiger partial charge >= 0.3 is 5.97 Å². The van der Waals surface area contributed by atoms with Gasteiger partial charge in [0.15, 0.2) is 5.76 Å². The Morgan fingerprint density at radius 3 is 2.90 bits per heavy atom. The first-order valence-electron chi connectivity index (χ1n) is 6.61. The number of rotatable bonds is 4. The van der Waals surface area contributed by atoms with Gasteiger partial charge in [0, 0.05) is 6.07 Å². The molecule has 0 saturated heterocycles. The average Bonchev–Trinajstić information content (AvgIpc) is 2.83. The molecule has 1 saturated carbocycles. The maximum atomic E-state index is 13.6. The molecule has 0 N–H and O–H groups in total. The smallest absolute Gasteiger partial charge is 0.309 e. The minimum Gasteiger partial charge on any atom is -0.459 e. The first-order valence-corrected chi connectivity index (χ1v) is 6.61. The Morgan fingerprint density at radius 2 is 2.20 bits per heavy atom. The number of carbonyl (C=O) groups is 1. The molecule has 1 aromatic heterocycles. The van der Waals surface area contributed by atoms with Crippen LogP contribution in [0, 0.1) is 11.7 Å². The van der Waals surface area contributed by atoms with Crippen molar-refractivity contribution in [2.24, 2.45) is 5.92 Å². The monoisotopic (exact) mass is 275 g/mol. The van der Waals surface area contributed by atoms with Crippen LogP contribution in [0.25, 0.3) is 11.3 Å². The number of benzene rings is 1. The standard InChI is InChI=1S/C15H14FNO3/c16-13-7-2-1-6-12(13)14-8-11(17-20-14)9-19-15(18)10-4-3-5-10/h1-2,6-8,10H,3-5,9H2. The van der Waals surface area contributed by atoms with E-state index in [4.69, 9.17) is 9.26 Å². The van der Waals surface area contributed by atoms with Gasteiger partial charge in [0.05, 0.1) is 11.5 Å². The number of esters is 1. The number of hydrogen-bond donors (Lipinski definition) is 0. The van der Waals surface area contributed by atoms with Crippen LogP contribution >= 0.6 is 0 Å². The van der Waals surface area contributed by atoms with Crippen LogP contribution in [0.2, 0.25) is 0 Å². The second-order valence-electron chi connectivity index (χ2n) is 4.90. The van der Waals surface area contributed by atoms with E-state index in [2.05, 4.69) is 5.16 Å². The molecule has 104 valence electrons. The Balaban J connectivity index is 1.65. The van der Waals surface area contributed by atoms with Gasteiger partial charge in [-0.2, -0.15) is 0 Å². The van der Waals surface area contributed by atoms with E-state index in [0.717, 1.165) is 19.3 Å². The lowest BCUT2D eigenvalue weighted by Crippen LogP contribution is -2.23. The Hall–Kier alpha value is -2.17. The number of halogens is 1. The number of hydrogen-bond acceptors (Lipinski definition) is 4. The van der Waals surface area contributed by atoms with Crippen LogP contribution in [-0.2, 0) is 16.1 Å². The topological polar surface area (TPSA) is 52.3 Å². The van der Waals surface area contributed by atoms with E-state index in [0.29, 0.717) is 17.0 Å². The predicted octanol–water partition coefficient (Wildman–Crippen LogP) is 3.32. The number of aromatic nitrogens is 1. The van der Waals surface area contributed by atoms with Gasteiger partial charge in [-0.15, -0.1) is 0 Å². The van der Waals surface area contributed by atoms with Crippen molar-refractivity contribution < 1.29 is 18.4 Å². The summed E-state index contributed by atoms with van der Waals surface area (Å²) in [6, 6.07) is 7.88. The van der Waals surface area contributed by atoms with Crippen molar-refractivity contribution in [2.45, 2.75) is 25.9 Å². The molecule has 0 aliphatic heterocycles. The normalized spacial score (nSPS) is 14.8. The van der Waals surface area contributed by atoms with E-state index >= 15 is 0 Å². The van der Waals surface area contributed by atoms with Crippen molar-refractivity contribution in [1.82, 2.24) is 5.16 Å². The number of nitrogens with zero attached hydrogens (tertiary/aromatic N) is 1. The molecule has 0 atom stereocenters. The maximum absolute atomic E-state index is 13.6. The van der Waals surface area contributed by atoms with Crippen LogP contribution < -0.4 is 0 Å². The molecule has 0 radical (unpaired) electrons. The third kappa shape index (κ3) is 2.57. The van der Waals surface area contributed by atoms with Crippen LogP contribution in [0.4, 0.5) is 4.39 Å². The summed E-state index contributed by atoms with van der Waals surface area (Å²) in [7, 11) is 0. The Morgan fingerprint density at radius 1 is 1.40 bits per heavy atom. The van der Waals surface area contributed by atoms with Gasteiger partial charge < -0.3 is 9.26 Å². The first kappa shape index (κ1) is 12.8. The van der Waals surface area contributed by atoms with Crippen LogP contribution in [0.5, 0.6) is 0 Å². The van der Waals surface area contributed by atoms with Crippen molar-refractivity contribution in [3.05, 3.63) is 41.8 Å². The van der Waals surface area contributed by atoms with E-state index < -0.39 is 0 Å². The lowest BCUT2D eigenvalue weighted by atomic mass is 9.86. The number of ether oxygens (including phenoxy) is 1. The van der Waals surface area contributed by atoms with Crippen molar-refractivity contribution in [2.75, 3.05) is 0 Å². The molecule has 5 heteroatoms. The fourth-order valence-corrected chi connectivity index (χ4v) is 2.07. The lowest BCUT2D eigenvalue weighted by Gasteiger charge is -2.22. The second-order valence-corrected chi connectivity index (χ2v) is 4.90. The molecule has 1 aliphatic rings. The van der Waals surface area contributed by atoms with Crippen LogP contribution in [0.1, 0.15) is 25.0 Å². The quantitative estimate of drug-likeness (QED) is 0.803. The molecule has 20 heavy (non-hydrogen) atoms. The van der Waals surface area contributed by atoms with Gasteiger partial charge in [-0.25, -0.2) is 4.39 Å². The van der Waals surface area contributed by atoms with Gasteiger partial charge in [-0.05, 0) is 25.0 Å². The van der Waals surface area contributed by atoms with Crippen molar-refractivity contribution in [1.29, 1.82) is 0 Å². The molecule has 0 bridgehead atoms. The molecule has 0 amide bonds. The molecule has 0 unspecified atom stereocenters.